The van der Waals surface area contributed by atoms with Gasteiger partial charge >= 0.3 is 0 Å². The molecule has 2 unspecified atom stereocenters. The van der Waals surface area contributed by atoms with Crippen LogP contribution in [0.25, 0.3) is 0 Å². The topological polar surface area (TPSA) is 55.6 Å². The molecule has 0 radical (unpaired) electrons. The number of rotatable bonds is 4. The van der Waals surface area contributed by atoms with E-state index in [0.29, 0.717) is 6.54 Å². The number of carbonyl (C=O) groups excluding carboxylic acids is 1. The molecule has 2 atom stereocenters. The molecule has 120 valence electrons. The lowest BCUT2D eigenvalue weighted by Gasteiger charge is -2.18. The van der Waals surface area contributed by atoms with E-state index in [9.17, 15) is 4.79 Å². The van der Waals surface area contributed by atoms with Gasteiger partial charge in [0.25, 0.3) is 0 Å². The average Bonchev–Trinajstić information content (AvgIpc) is 2.84. The summed E-state index contributed by atoms with van der Waals surface area (Å²) in [4.78, 5) is 14.2. The van der Waals surface area contributed by atoms with Crippen molar-refractivity contribution in [1.29, 1.82) is 0 Å². The number of para-hydroxylation sites is 1. The Bertz CT molecular complexity index is 742. The number of anilines is 1. The SMILES string of the molecule is CCN1C(=O)C(C)c2cc(C(N)c3ccccc3OC)ccc21. The van der Waals surface area contributed by atoms with Crippen molar-refractivity contribution in [1.82, 2.24) is 0 Å². The number of nitrogens with two attached hydrogens (primary N) is 1. The molecule has 1 amide bonds. The van der Waals surface area contributed by atoms with Crippen LogP contribution < -0.4 is 15.4 Å². The molecule has 1 aliphatic heterocycles. The van der Waals surface area contributed by atoms with Gasteiger partial charge in [-0.1, -0.05) is 30.3 Å². The van der Waals surface area contributed by atoms with Crippen LogP contribution in [0.3, 0.4) is 0 Å². The van der Waals surface area contributed by atoms with E-state index >= 15 is 0 Å². The van der Waals surface area contributed by atoms with E-state index in [0.717, 1.165) is 28.1 Å². The van der Waals surface area contributed by atoms with Crippen molar-refractivity contribution in [2.24, 2.45) is 5.73 Å². The van der Waals surface area contributed by atoms with Gasteiger partial charge in [0.1, 0.15) is 5.75 Å². The number of amides is 1. The molecule has 0 aromatic heterocycles. The van der Waals surface area contributed by atoms with Crippen LogP contribution in [-0.4, -0.2) is 19.6 Å². The number of likely N-dealkylation sites (N-methyl/N-ethyl adjacent to an activating group) is 1. The Morgan fingerprint density at radius 3 is 2.70 bits per heavy atom. The van der Waals surface area contributed by atoms with Crippen LogP contribution in [0.2, 0.25) is 0 Å². The molecule has 2 N–H and O–H groups in total. The number of ether oxygens (including phenoxy) is 1. The second-order valence-electron chi connectivity index (χ2n) is 5.84. The monoisotopic (exact) mass is 310 g/mol. The molecule has 0 saturated heterocycles. The van der Waals surface area contributed by atoms with Gasteiger partial charge in [-0.05, 0) is 37.1 Å². The Morgan fingerprint density at radius 1 is 1.26 bits per heavy atom. The van der Waals surface area contributed by atoms with E-state index in [1.165, 1.54) is 0 Å². The lowest BCUT2D eigenvalue weighted by atomic mass is 9.94. The maximum atomic E-state index is 12.3. The van der Waals surface area contributed by atoms with E-state index < -0.39 is 0 Å². The maximum absolute atomic E-state index is 12.3. The smallest absolute Gasteiger partial charge is 0.234 e. The Labute approximate surface area is 136 Å². The number of benzene rings is 2. The highest BCUT2D eigenvalue weighted by atomic mass is 16.5. The van der Waals surface area contributed by atoms with Crippen molar-refractivity contribution in [3.63, 3.8) is 0 Å². The van der Waals surface area contributed by atoms with E-state index in [1.807, 2.05) is 55.1 Å². The van der Waals surface area contributed by atoms with E-state index in [-0.39, 0.29) is 17.9 Å². The second-order valence-corrected chi connectivity index (χ2v) is 5.84. The summed E-state index contributed by atoms with van der Waals surface area (Å²) in [6, 6.07) is 13.6. The summed E-state index contributed by atoms with van der Waals surface area (Å²) in [6.07, 6.45) is 0. The van der Waals surface area contributed by atoms with Gasteiger partial charge in [0.05, 0.1) is 19.1 Å². The van der Waals surface area contributed by atoms with Crippen molar-refractivity contribution >= 4 is 11.6 Å². The van der Waals surface area contributed by atoms with Crippen molar-refractivity contribution < 1.29 is 9.53 Å². The highest BCUT2D eigenvalue weighted by molar-refractivity contribution is 6.04. The molecular formula is C19H22N2O2. The minimum atomic E-state index is -0.283. The fraction of sp³-hybridized carbons (Fsp3) is 0.316. The summed E-state index contributed by atoms with van der Waals surface area (Å²) in [6.45, 7) is 4.64. The third-order valence-electron chi connectivity index (χ3n) is 4.59. The first-order valence-corrected chi connectivity index (χ1v) is 7.92. The molecule has 4 nitrogen and oxygen atoms in total. The van der Waals surface area contributed by atoms with Crippen LogP contribution >= 0.6 is 0 Å². The van der Waals surface area contributed by atoms with Gasteiger partial charge in [-0.15, -0.1) is 0 Å². The summed E-state index contributed by atoms with van der Waals surface area (Å²) >= 11 is 0. The van der Waals surface area contributed by atoms with E-state index in [4.69, 9.17) is 10.5 Å². The number of fused-ring (bicyclic) bond motifs is 1. The molecule has 2 aromatic rings. The quantitative estimate of drug-likeness (QED) is 0.943. The van der Waals surface area contributed by atoms with Gasteiger partial charge in [0.2, 0.25) is 5.91 Å². The molecule has 23 heavy (non-hydrogen) atoms. The molecule has 3 rings (SSSR count). The molecule has 1 aliphatic rings. The normalized spacial score (nSPS) is 18.0. The molecular weight excluding hydrogens is 288 g/mol. The molecule has 0 bridgehead atoms. The lowest BCUT2D eigenvalue weighted by Crippen LogP contribution is -2.27. The predicted octanol–water partition coefficient (Wildman–Crippen LogP) is 3.21. The first-order chi connectivity index (χ1) is 11.1. The molecule has 2 aromatic carbocycles. The summed E-state index contributed by atoms with van der Waals surface area (Å²) < 4.78 is 5.41. The fourth-order valence-electron chi connectivity index (χ4n) is 3.27. The highest BCUT2D eigenvalue weighted by Crippen LogP contribution is 2.39. The number of hydrogen-bond acceptors (Lipinski definition) is 3. The van der Waals surface area contributed by atoms with Gasteiger partial charge in [-0.25, -0.2) is 0 Å². The van der Waals surface area contributed by atoms with Gasteiger partial charge in [-0.3, -0.25) is 4.79 Å². The molecule has 0 fully saturated rings. The third kappa shape index (κ3) is 2.49. The van der Waals surface area contributed by atoms with Gasteiger partial charge in [0.15, 0.2) is 0 Å². The molecule has 1 heterocycles. The fourth-order valence-corrected chi connectivity index (χ4v) is 3.27. The van der Waals surface area contributed by atoms with E-state index in [1.54, 1.807) is 7.11 Å². The summed E-state index contributed by atoms with van der Waals surface area (Å²) in [5.41, 5.74) is 10.4. The van der Waals surface area contributed by atoms with Crippen LogP contribution in [0.5, 0.6) is 5.75 Å². The van der Waals surface area contributed by atoms with Crippen LogP contribution in [-0.2, 0) is 4.79 Å². The average molecular weight is 310 g/mol. The van der Waals surface area contributed by atoms with Crippen LogP contribution in [0.1, 0.15) is 42.5 Å². The Kier molecular flexibility index (Phi) is 4.09. The minimum absolute atomic E-state index is 0.116. The number of hydrogen-bond donors (Lipinski definition) is 1. The third-order valence-corrected chi connectivity index (χ3v) is 4.59. The summed E-state index contributed by atoms with van der Waals surface area (Å²) in [7, 11) is 1.65. The van der Waals surface area contributed by atoms with Crippen LogP contribution in [0.15, 0.2) is 42.5 Å². The van der Waals surface area contributed by atoms with E-state index in [2.05, 4.69) is 6.07 Å². The summed E-state index contributed by atoms with van der Waals surface area (Å²) in [5.74, 6) is 0.820. The maximum Gasteiger partial charge on any atom is 0.234 e. The Balaban J connectivity index is 2.01. The van der Waals surface area contributed by atoms with Gasteiger partial charge in [0, 0.05) is 17.8 Å². The Morgan fingerprint density at radius 2 is 2.00 bits per heavy atom. The van der Waals surface area contributed by atoms with Crippen LogP contribution in [0.4, 0.5) is 5.69 Å². The molecule has 0 aliphatic carbocycles. The molecule has 0 saturated carbocycles. The second kappa shape index (κ2) is 6.05. The first-order valence-electron chi connectivity index (χ1n) is 7.92. The first kappa shape index (κ1) is 15.6. The number of methoxy groups -OCH3 is 1. The lowest BCUT2D eigenvalue weighted by molar-refractivity contribution is -0.118. The van der Waals surface area contributed by atoms with Gasteiger partial charge < -0.3 is 15.4 Å². The van der Waals surface area contributed by atoms with Gasteiger partial charge in [-0.2, -0.15) is 0 Å². The van der Waals surface area contributed by atoms with Crippen molar-refractivity contribution in [2.75, 3.05) is 18.6 Å². The van der Waals surface area contributed by atoms with Crippen molar-refractivity contribution in [3.8, 4) is 5.75 Å². The largest absolute Gasteiger partial charge is 0.496 e. The number of nitrogens with zero attached hydrogens (tertiary/aromatic N) is 1. The zero-order valence-corrected chi connectivity index (χ0v) is 13.7. The van der Waals surface area contributed by atoms with Crippen LogP contribution in [0, 0.1) is 0 Å². The molecule has 0 spiro atoms. The predicted molar refractivity (Wildman–Crippen MR) is 91.9 cm³/mol. The minimum Gasteiger partial charge on any atom is -0.496 e. The Hall–Kier alpha value is -2.33. The van der Waals surface area contributed by atoms with Crippen molar-refractivity contribution in [3.05, 3.63) is 59.2 Å². The zero-order chi connectivity index (χ0) is 16.6. The summed E-state index contributed by atoms with van der Waals surface area (Å²) in [5, 5.41) is 0. The standard InChI is InChI=1S/C19H22N2O2/c1-4-21-16-10-9-13(11-15(16)12(2)19(21)22)18(20)14-7-5-6-8-17(14)23-3/h5-12,18H,4,20H2,1-3H3. The molecule has 4 heteroatoms. The highest BCUT2D eigenvalue weighted by Gasteiger charge is 2.33. The zero-order valence-electron chi connectivity index (χ0n) is 13.7. The van der Waals surface area contributed by atoms with Crippen molar-refractivity contribution in [2.45, 2.75) is 25.8 Å². The number of carbonyl (C=O) groups is 1.